The van der Waals surface area contributed by atoms with Gasteiger partial charge in [0.25, 0.3) is 0 Å². The molecule has 3 heteroatoms. The fourth-order valence-electron chi connectivity index (χ4n) is 2.35. The molecule has 1 aromatic carbocycles. The van der Waals surface area contributed by atoms with E-state index in [0.29, 0.717) is 38.6 Å². The average molecular weight is 264 g/mol. The van der Waals surface area contributed by atoms with Gasteiger partial charge in [0.2, 0.25) is 0 Å². The third-order valence-corrected chi connectivity index (χ3v) is 3.71. The first-order valence-electron chi connectivity index (χ1n) is 7.04. The van der Waals surface area contributed by atoms with E-state index in [2.05, 4.69) is 39.0 Å². The Balaban J connectivity index is 2.07. The molecule has 0 spiro atoms. The van der Waals surface area contributed by atoms with Crippen molar-refractivity contribution in [1.29, 1.82) is 0 Å². The van der Waals surface area contributed by atoms with Crippen molar-refractivity contribution in [2.45, 2.75) is 45.1 Å². The first-order chi connectivity index (χ1) is 9.00. The maximum absolute atomic E-state index is 10.4. The van der Waals surface area contributed by atoms with Gasteiger partial charge in [-0.1, -0.05) is 26.0 Å². The van der Waals surface area contributed by atoms with E-state index in [-0.39, 0.29) is 0 Å². The number of aliphatic hydroxyl groups is 1. The number of benzene rings is 1. The molecule has 0 bridgehead atoms. The monoisotopic (exact) mass is 264 g/mol. The summed E-state index contributed by atoms with van der Waals surface area (Å²) in [6.45, 7) is 7.94. The van der Waals surface area contributed by atoms with Crippen molar-refractivity contribution in [1.82, 2.24) is 0 Å². The average Bonchev–Trinajstić information content (AvgIpc) is 2.37. The third-order valence-electron chi connectivity index (χ3n) is 3.71. The third kappa shape index (κ3) is 3.71. The van der Waals surface area contributed by atoms with Crippen LogP contribution in [0.25, 0.3) is 0 Å². The molecular formula is C16H24O3. The van der Waals surface area contributed by atoms with E-state index in [4.69, 9.17) is 9.47 Å². The molecule has 1 saturated heterocycles. The van der Waals surface area contributed by atoms with Crippen LogP contribution in [0, 0.1) is 6.92 Å². The number of hydrogen-bond donors (Lipinski definition) is 1. The zero-order chi connectivity index (χ0) is 13.9. The summed E-state index contributed by atoms with van der Waals surface area (Å²) in [5.41, 5.74) is 1.63. The van der Waals surface area contributed by atoms with Crippen molar-refractivity contribution in [3.63, 3.8) is 0 Å². The number of ether oxygens (including phenoxy) is 2. The van der Waals surface area contributed by atoms with Gasteiger partial charge in [0.15, 0.2) is 0 Å². The molecule has 1 aliphatic heterocycles. The van der Waals surface area contributed by atoms with Crippen molar-refractivity contribution >= 4 is 0 Å². The lowest BCUT2D eigenvalue weighted by atomic mass is 9.95. The summed E-state index contributed by atoms with van der Waals surface area (Å²) in [6.07, 6.45) is 1.30. The van der Waals surface area contributed by atoms with Crippen LogP contribution in [0.2, 0.25) is 0 Å². The zero-order valence-electron chi connectivity index (χ0n) is 12.1. The van der Waals surface area contributed by atoms with Crippen LogP contribution < -0.4 is 4.74 Å². The van der Waals surface area contributed by atoms with E-state index in [1.165, 1.54) is 11.1 Å². The molecule has 0 unspecified atom stereocenters. The fourth-order valence-corrected chi connectivity index (χ4v) is 2.35. The Kier molecular flexibility index (Phi) is 4.48. The Morgan fingerprint density at radius 1 is 1.32 bits per heavy atom. The van der Waals surface area contributed by atoms with Crippen molar-refractivity contribution in [3.05, 3.63) is 29.3 Å². The molecule has 3 nitrogen and oxygen atoms in total. The highest BCUT2D eigenvalue weighted by molar-refractivity contribution is 5.39. The van der Waals surface area contributed by atoms with Gasteiger partial charge in [0.1, 0.15) is 18.0 Å². The molecule has 1 aliphatic rings. The van der Waals surface area contributed by atoms with Gasteiger partial charge in [-0.3, -0.25) is 0 Å². The molecular weight excluding hydrogens is 240 g/mol. The Morgan fingerprint density at radius 3 is 2.63 bits per heavy atom. The summed E-state index contributed by atoms with van der Waals surface area (Å²) < 4.78 is 11.2. The van der Waals surface area contributed by atoms with Gasteiger partial charge >= 0.3 is 0 Å². The van der Waals surface area contributed by atoms with Crippen LogP contribution in [0.5, 0.6) is 5.75 Å². The summed E-state index contributed by atoms with van der Waals surface area (Å²) in [6, 6.07) is 6.27. The minimum Gasteiger partial charge on any atom is -0.490 e. The quantitative estimate of drug-likeness (QED) is 0.908. The lowest BCUT2D eigenvalue weighted by molar-refractivity contribution is -0.0857. The highest BCUT2D eigenvalue weighted by Gasteiger charge is 2.31. The molecule has 1 N–H and O–H groups in total. The van der Waals surface area contributed by atoms with E-state index in [1.54, 1.807) is 0 Å². The first-order valence-corrected chi connectivity index (χ1v) is 7.04. The minimum absolute atomic E-state index is 0.347. The van der Waals surface area contributed by atoms with Gasteiger partial charge in [0, 0.05) is 26.1 Å². The largest absolute Gasteiger partial charge is 0.490 e. The molecule has 1 aromatic rings. The minimum atomic E-state index is -0.740. The lowest BCUT2D eigenvalue weighted by Gasteiger charge is -2.32. The summed E-state index contributed by atoms with van der Waals surface area (Å²) in [4.78, 5) is 0. The van der Waals surface area contributed by atoms with Gasteiger partial charge in [-0.15, -0.1) is 0 Å². The smallest absolute Gasteiger partial charge is 0.123 e. The molecule has 0 radical (unpaired) electrons. The van der Waals surface area contributed by atoms with Gasteiger partial charge < -0.3 is 14.6 Å². The van der Waals surface area contributed by atoms with Crippen molar-refractivity contribution in [2.24, 2.45) is 0 Å². The second kappa shape index (κ2) is 5.93. The number of aryl methyl sites for hydroxylation is 1. The summed E-state index contributed by atoms with van der Waals surface area (Å²) in [5.74, 6) is 1.31. The van der Waals surface area contributed by atoms with E-state index >= 15 is 0 Å². The highest BCUT2D eigenvalue weighted by Crippen LogP contribution is 2.29. The van der Waals surface area contributed by atoms with E-state index in [9.17, 15) is 5.11 Å². The standard InChI is InChI=1S/C16H24O3/c1-12(2)14-5-4-13(3)10-15(14)19-11-16(17)6-8-18-9-7-16/h4-5,10,12,17H,6-9,11H2,1-3H3. The summed E-state index contributed by atoms with van der Waals surface area (Å²) >= 11 is 0. The van der Waals surface area contributed by atoms with E-state index in [1.807, 2.05) is 0 Å². The van der Waals surface area contributed by atoms with E-state index < -0.39 is 5.60 Å². The SMILES string of the molecule is Cc1ccc(C(C)C)c(OCC2(O)CCOCC2)c1. The fraction of sp³-hybridized carbons (Fsp3) is 0.625. The van der Waals surface area contributed by atoms with Gasteiger partial charge in [-0.05, 0) is 30.0 Å². The number of hydrogen-bond acceptors (Lipinski definition) is 3. The van der Waals surface area contributed by atoms with Crippen LogP contribution in [0.15, 0.2) is 18.2 Å². The second-order valence-corrected chi connectivity index (χ2v) is 5.82. The van der Waals surface area contributed by atoms with Crippen LogP contribution in [-0.2, 0) is 4.74 Å². The van der Waals surface area contributed by atoms with Crippen LogP contribution in [0.3, 0.4) is 0 Å². The predicted octanol–water partition coefficient (Wildman–Crippen LogP) is 3.04. The zero-order valence-corrected chi connectivity index (χ0v) is 12.1. The molecule has 0 atom stereocenters. The Bertz CT molecular complexity index is 420. The molecule has 1 fully saturated rings. The maximum atomic E-state index is 10.4. The van der Waals surface area contributed by atoms with Crippen molar-refractivity contribution in [2.75, 3.05) is 19.8 Å². The Labute approximate surface area is 115 Å². The molecule has 0 amide bonds. The van der Waals surface area contributed by atoms with Crippen molar-refractivity contribution < 1.29 is 14.6 Å². The normalized spacial score (nSPS) is 18.6. The van der Waals surface area contributed by atoms with Gasteiger partial charge in [-0.25, -0.2) is 0 Å². The lowest BCUT2D eigenvalue weighted by Crippen LogP contribution is -2.41. The molecule has 0 aromatic heterocycles. The van der Waals surface area contributed by atoms with Crippen molar-refractivity contribution in [3.8, 4) is 5.75 Å². The molecule has 0 aliphatic carbocycles. The van der Waals surface area contributed by atoms with Crippen LogP contribution >= 0.6 is 0 Å². The van der Waals surface area contributed by atoms with Crippen LogP contribution in [-0.4, -0.2) is 30.5 Å². The first kappa shape index (κ1) is 14.4. The topological polar surface area (TPSA) is 38.7 Å². The second-order valence-electron chi connectivity index (χ2n) is 5.82. The van der Waals surface area contributed by atoms with Crippen LogP contribution in [0.4, 0.5) is 0 Å². The van der Waals surface area contributed by atoms with Gasteiger partial charge in [0.05, 0.1) is 0 Å². The van der Waals surface area contributed by atoms with Crippen LogP contribution in [0.1, 0.15) is 43.7 Å². The summed E-state index contributed by atoms with van der Waals surface area (Å²) in [5, 5.41) is 10.4. The molecule has 0 saturated carbocycles. The molecule has 1 heterocycles. The molecule has 19 heavy (non-hydrogen) atoms. The highest BCUT2D eigenvalue weighted by atomic mass is 16.5. The number of rotatable bonds is 4. The summed E-state index contributed by atoms with van der Waals surface area (Å²) in [7, 11) is 0. The van der Waals surface area contributed by atoms with Gasteiger partial charge in [-0.2, -0.15) is 0 Å². The molecule has 2 rings (SSSR count). The molecule has 106 valence electrons. The predicted molar refractivity (Wildman–Crippen MR) is 75.8 cm³/mol. The Morgan fingerprint density at radius 2 is 2.00 bits per heavy atom. The van der Waals surface area contributed by atoms with E-state index in [0.717, 1.165) is 5.75 Å². The maximum Gasteiger partial charge on any atom is 0.123 e. The Hall–Kier alpha value is -1.06.